The molecule has 0 radical (unpaired) electrons. The van der Waals surface area contributed by atoms with Crippen molar-refractivity contribution in [1.29, 1.82) is 0 Å². The summed E-state index contributed by atoms with van der Waals surface area (Å²) in [4.78, 5) is 10.4. The third kappa shape index (κ3) is 3.22. The number of nitrogens with one attached hydrogen (secondary N) is 1. The third-order valence-corrected chi connectivity index (χ3v) is 3.72. The first-order valence-corrected chi connectivity index (χ1v) is 6.66. The highest BCUT2D eigenvalue weighted by molar-refractivity contribution is 5.62. The first-order valence-electron chi connectivity index (χ1n) is 6.66. The second-order valence-corrected chi connectivity index (χ2v) is 5.65. The van der Waals surface area contributed by atoms with Crippen LogP contribution in [0.15, 0.2) is 18.2 Å². The summed E-state index contributed by atoms with van der Waals surface area (Å²) >= 11 is 0. The lowest BCUT2D eigenvalue weighted by Gasteiger charge is -2.32. The molecular formula is C14H19FN2O2. The summed E-state index contributed by atoms with van der Waals surface area (Å²) in [6, 6.07) is 4.06. The molecule has 1 aromatic rings. The molecule has 0 aliphatic heterocycles. The summed E-state index contributed by atoms with van der Waals surface area (Å²) in [6.07, 6.45) is 3.02. The molecule has 1 saturated carbocycles. The molecule has 19 heavy (non-hydrogen) atoms. The highest BCUT2D eigenvalue weighted by Crippen LogP contribution is 2.34. The maximum Gasteiger partial charge on any atom is 0.295 e. The molecular weight excluding hydrogens is 247 g/mol. The number of rotatable bonds is 3. The topological polar surface area (TPSA) is 55.2 Å². The van der Waals surface area contributed by atoms with Crippen molar-refractivity contribution in [2.45, 2.75) is 39.2 Å². The first-order chi connectivity index (χ1) is 8.97. The Morgan fingerprint density at radius 2 is 1.89 bits per heavy atom. The summed E-state index contributed by atoms with van der Waals surface area (Å²) in [5, 5.41) is 14.0. The van der Waals surface area contributed by atoms with Gasteiger partial charge in [-0.05, 0) is 37.2 Å². The molecule has 1 N–H and O–H groups in total. The van der Waals surface area contributed by atoms with Gasteiger partial charge in [-0.1, -0.05) is 19.9 Å². The lowest BCUT2D eigenvalue weighted by Crippen LogP contribution is -2.30. The van der Waals surface area contributed by atoms with Crippen LogP contribution >= 0.6 is 0 Å². The molecule has 2 unspecified atom stereocenters. The average Bonchev–Trinajstić information content (AvgIpc) is 2.30. The van der Waals surface area contributed by atoms with Gasteiger partial charge >= 0.3 is 0 Å². The summed E-state index contributed by atoms with van der Waals surface area (Å²) in [7, 11) is 0. The number of anilines is 1. The van der Waals surface area contributed by atoms with Gasteiger partial charge in [-0.2, -0.15) is 0 Å². The Bertz CT molecular complexity index is 469. The number of hydrogen-bond acceptors (Lipinski definition) is 3. The maximum absolute atomic E-state index is 13.8. The van der Waals surface area contributed by atoms with E-state index in [9.17, 15) is 14.5 Å². The van der Waals surface area contributed by atoms with Crippen LogP contribution in [-0.4, -0.2) is 11.0 Å². The van der Waals surface area contributed by atoms with E-state index in [-0.39, 0.29) is 17.4 Å². The lowest BCUT2D eigenvalue weighted by molar-refractivity contribution is -0.384. The summed E-state index contributed by atoms with van der Waals surface area (Å²) < 4.78 is 13.8. The Hall–Kier alpha value is -1.65. The van der Waals surface area contributed by atoms with Crippen LogP contribution in [0.1, 0.15) is 33.1 Å². The summed E-state index contributed by atoms with van der Waals surface area (Å²) in [6.45, 7) is 4.33. The fourth-order valence-corrected chi connectivity index (χ4v) is 3.08. The van der Waals surface area contributed by atoms with E-state index < -0.39 is 10.7 Å². The van der Waals surface area contributed by atoms with Crippen LogP contribution in [0.25, 0.3) is 0 Å². The van der Waals surface area contributed by atoms with Crippen molar-refractivity contribution >= 4 is 11.4 Å². The van der Waals surface area contributed by atoms with Crippen LogP contribution < -0.4 is 5.32 Å². The van der Waals surface area contributed by atoms with Gasteiger partial charge in [0.25, 0.3) is 5.69 Å². The van der Waals surface area contributed by atoms with Crippen molar-refractivity contribution in [3.8, 4) is 0 Å². The van der Waals surface area contributed by atoms with E-state index in [2.05, 4.69) is 19.2 Å². The molecule has 0 heterocycles. The number of halogens is 1. The van der Waals surface area contributed by atoms with E-state index in [1.165, 1.54) is 18.2 Å². The monoisotopic (exact) mass is 266 g/mol. The first kappa shape index (κ1) is 13.8. The normalized spacial score (nSPS) is 27.0. The molecule has 0 saturated heterocycles. The van der Waals surface area contributed by atoms with Gasteiger partial charge < -0.3 is 5.32 Å². The number of hydrogen-bond donors (Lipinski definition) is 1. The van der Waals surface area contributed by atoms with Crippen LogP contribution in [0.4, 0.5) is 15.8 Å². The molecule has 1 aromatic carbocycles. The molecule has 0 amide bonds. The van der Waals surface area contributed by atoms with E-state index in [4.69, 9.17) is 0 Å². The molecule has 1 aliphatic carbocycles. The predicted octanol–water partition coefficient (Wildman–Crippen LogP) is 3.97. The SMILES string of the molecule is CC1CC(C)CC(Nc2c(F)cccc2[N+](=O)[O-])C1. The predicted molar refractivity (Wildman–Crippen MR) is 72.6 cm³/mol. The van der Waals surface area contributed by atoms with Crippen molar-refractivity contribution in [3.63, 3.8) is 0 Å². The van der Waals surface area contributed by atoms with E-state index in [1.807, 2.05) is 0 Å². The highest BCUT2D eigenvalue weighted by Gasteiger charge is 2.27. The Balaban J connectivity index is 2.21. The molecule has 0 bridgehead atoms. The summed E-state index contributed by atoms with van der Waals surface area (Å²) in [5.41, 5.74) is -0.162. The molecule has 1 fully saturated rings. The van der Waals surface area contributed by atoms with Crippen molar-refractivity contribution < 1.29 is 9.31 Å². The zero-order valence-corrected chi connectivity index (χ0v) is 11.2. The quantitative estimate of drug-likeness (QED) is 0.665. The van der Waals surface area contributed by atoms with Crippen molar-refractivity contribution in [2.75, 3.05) is 5.32 Å². The highest BCUT2D eigenvalue weighted by atomic mass is 19.1. The van der Waals surface area contributed by atoms with Crippen LogP contribution in [-0.2, 0) is 0 Å². The maximum atomic E-state index is 13.8. The number of para-hydroxylation sites is 1. The fraction of sp³-hybridized carbons (Fsp3) is 0.571. The van der Waals surface area contributed by atoms with E-state index in [1.54, 1.807) is 0 Å². The van der Waals surface area contributed by atoms with Crippen LogP contribution in [0.5, 0.6) is 0 Å². The fourth-order valence-electron chi connectivity index (χ4n) is 3.08. The Morgan fingerprint density at radius 3 is 2.47 bits per heavy atom. The second-order valence-electron chi connectivity index (χ2n) is 5.65. The smallest absolute Gasteiger partial charge is 0.295 e. The van der Waals surface area contributed by atoms with Crippen molar-refractivity contribution in [3.05, 3.63) is 34.1 Å². The standard InChI is InChI=1S/C14H19FN2O2/c1-9-6-10(2)8-11(7-9)16-14-12(15)4-3-5-13(14)17(18)19/h3-5,9-11,16H,6-8H2,1-2H3. The minimum atomic E-state index is -0.555. The number of nitro benzene ring substituents is 1. The van der Waals surface area contributed by atoms with E-state index in [0.717, 1.165) is 19.3 Å². The average molecular weight is 266 g/mol. The van der Waals surface area contributed by atoms with Gasteiger partial charge in [-0.15, -0.1) is 0 Å². The Labute approximate surface area is 112 Å². The minimum Gasteiger partial charge on any atom is -0.374 e. The molecule has 2 atom stereocenters. The van der Waals surface area contributed by atoms with Crippen LogP contribution in [0, 0.1) is 27.8 Å². The molecule has 4 nitrogen and oxygen atoms in total. The molecule has 0 aromatic heterocycles. The Morgan fingerprint density at radius 1 is 1.26 bits per heavy atom. The van der Waals surface area contributed by atoms with Gasteiger partial charge in [-0.3, -0.25) is 10.1 Å². The van der Waals surface area contributed by atoms with Gasteiger partial charge in [0, 0.05) is 12.1 Å². The number of nitrogens with zero attached hydrogens (tertiary/aromatic N) is 1. The van der Waals surface area contributed by atoms with Gasteiger partial charge in [0.1, 0.15) is 5.69 Å². The Kier molecular flexibility index (Phi) is 4.02. The zero-order chi connectivity index (χ0) is 14.0. The van der Waals surface area contributed by atoms with Gasteiger partial charge in [0.15, 0.2) is 5.82 Å². The van der Waals surface area contributed by atoms with E-state index >= 15 is 0 Å². The van der Waals surface area contributed by atoms with Gasteiger partial charge in [0.2, 0.25) is 0 Å². The number of benzene rings is 1. The van der Waals surface area contributed by atoms with Gasteiger partial charge in [-0.25, -0.2) is 4.39 Å². The van der Waals surface area contributed by atoms with Crippen molar-refractivity contribution in [1.82, 2.24) is 0 Å². The van der Waals surface area contributed by atoms with Crippen LogP contribution in [0.2, 0.25) is 0 Å². The molecule has 2 rings (SSSR count). The molecule has 5 heteroatoms. The zero-order valence-electron chi connectivity index (χ0n) is 11.2. The van der Waals surface area contributed by atoms with E-state index in [0.29, 0.717) is 11.8 Å². The minimum absolute atomic E-state index is 0.0267. The second kappa shape index (κ2) is 5.55. The lowest BCUT2D eigenvalue weighted by atomic mass is 9.80. The third-order valence-electron chi connectivity index (χ3n) is 3.72. The largest absolute Gasteiger partial charge is 0.374 e. The molecule has 104 valence electrons. The van der Waals surface area contributed by atoms with Crippen molar-refractivity contribution in [2.24, 2.45) is 11.8 Å². The molecule has 0 spiro atoms. The molecule has 1 aliphatic rings. The number of nitro groups is 1. The van der Waals surface area contributed by atoms with Crippen LogP contribution in [0.3, 0.4) is 0 Å². The van der Waals surface area contributed by atoms with Gasteiger partial charge in [0.05, 0.1) is 4.92 Å². The summed E-state index contributed by atoms with van der Waals surface area (Å²) in [5.74, 6) is 0.569.